The van der Waals surface area contributed by atoms with Crippen molar-refractivity contribution in [3.8, 4) is 22.5 Å². The van der Waals surface area contributed by atoms with E-state index in [0.29, 0.717) is 12.0 Å². The van der Waals surface area contributed by atoms with E-state index in [9.17, 15) is 0 Å². The molecule has 186 valence electrons. The van der Waals surface area contributed by atoms with Crippen LogP contribution in [0.15, 0.2) is 79.9 Å². The molecule has 2 aromatic heterocycles. The van der Waals surface area contributed by atoms with Crippen LogP contribution in [-0.2, 0) is 0 Å². The fourth-order valence-corrected chi connectivity index (χ4v) is 4.62. The number of likely N-dealkylation sites (tertiary alicyclic amines) is 1. The SMILES string of the molecule is C=CN.CC(C)Nc1cncc(-c2ccc3cnc(-c4cccc(C5CCN(C)CC5)c4)cc3c2)n1. The van der Waals surface area contributed by atoms with Crippen molar-refractivity contribution in [1.29, 1.82) is 0 Å². The first-order valence-corrected chi connectivity index (χ1v) is 12.6. The Morgan fingerprint density at radius 2 is 1.72 bits per heavy atom. The number of hydrogen-bond donors (Lipinski definition) is 2. The highest BCUT2D eigenvalue weighted by atomic mass is 15.1. The standard InChI is InChI=1S/C28H31N5.C2H5N/c1-19(2)31-28-18-29-17-27(32-28)23-7-8-24-16-30-26(15-25(24)14-23)22-6-4-5-21(13-22)20-9-11-33(3)12-10-20;1-2-3/h4-8,13-20H,9-12H2,1-3H3,(H,31,32);2H,1,3H2. The van der Waals surface area contributed by atoms with Gasteiger partial charge in [-0.2, -0.15) is 0 Å². The summed E-state index contributed by atoms with van der Waals surface area (Å²) in [5, 5.41) is 5.61. The molecule has 0 saturated carbocycles. The Labute approximate surface area is 214 Å². The van der Waals surface area contributed by atoms with Gasteiger partial charge in [-0.25, -0.2) is 4.98 Å². The highest BCUT2D eigenvalue weighted by Gasteiger charge is 2.18. The summed E-state index contributed by atoms with van der Waals surface area (Å²) in [5.41, 5.74) is 10.2. The van der Waals surface area contributed by atoms with Crippen LogP contribution in [0.4, 0.5) is 5.82 Å². The van der Waals surface area contributed by atoms with Crippen molar-refractivity contribution in [2.24, 2.45) is 5.73 Å². The second kappa shape index (κ2) is 11.8. The van der Waals surface area contributed by atoms with Crippen LogP contribution in [0.1, 0.15) is 38.2 Å². The number of hydrogen-bond acceptors (Lipinski definition) is 6. The van der Waals surface area contributed by atoms with Crippen LogP contribution in [0.5, 0.6) is 0 Å². The number of aromatic nitrogens is 3. The quantitative estimate of drug-likeness (QED) is 0.360. The van der Waals surface area contributed by atoms with Crippen molar-refractivity contribution in [2.45, 2.75) is 38.6 Å². The van der Waals surface area contributed by atoms with Gasteiger partial charge in [0.2, 0.25) is 0 Å². The third-order valence-electron chi connectivity index (χ3n) is 6.46. The lowest BCUT2D eigenvalue weighted by Gasteiger charge is -2.29. The summed E-state index contributed by atoms with van der Waals surface area (Å²) in [7, 11) is 2.21. The van der Waals surface area contributed by atoms with Gasteiger partial charge in [-0.15, -0.1) is 0 Å². The van der Waals surface area contributed by atoms with E-state index in [1.807, 2.05) is 12.4 Å². The Morgan fingerprint density at radius 3 is 2.47 bits per heavy atom. The molecule has 6 heteroatoms. The minimum atomic E-state index is 0.310. The number of piperidine rings is 1. The molecule has 0 aliphatic carbocycles. The molecule has 0 radical (unpaired) electrons. The predicted octanol–water partition coefficient (Wildman–Crippen LogP) is 6.08. The maximum Gasteiger partial charge on any atom is 0.145 e. The first kappa shape index (κ1) is 25.3. The molecule has 6 nitrogen and oxygen atoms in total. The lowest BCUT2D eigenvalue weighted by molar-refractivity contribution is 0.255. The van der Waals surface area contributed by atoms with E-state index in [1.54, 1.807) is 6.20 Å². The summed E-state index contributed by atoms with van der Waals surface area (Å²) in [5.74, 6) is 1.43. The van der Waals surface area contributed by atoms with Crippen LogP contribution in [-0.4, -0.2) is 46.0 Å². The lowest BCUT2D eigenvalue weighted by Crippen LogP contribution is -2.29. The number of nitrogens with one attached hydrogen (secondary N) is 1. The zero-order chi connectivity index (χ0) is 25.5. The number of nitrogens with zero attached hydrogens (tertiary/aromatic N) is 4. The first-order valence-electron chi connectivity index (χ1n) is 12.6. The van der Waals surface area contributed by atoms with Crippen LogP contribution in [0.25, 0.3) is 33.3 Å². The minimum absolute atomic E-state index is 0.310. The Bertz CT molecular complexity index is 1310. The summed E-state index contributed by atoms with van der Waals surface area (Å²) >= 11 is 0. The second-order valence-corrected chi connectivity index (χ2v) is 9.66. The maximum atomic E-state index is 4.78. The molecule has 0 atom stereocenters. The van der Waals surface area contributed by atoms with Gasteiger partial charge in [0.1, 0.15) is 5.82 Å². The average Bonchev–Trinajstić information content (AvgIpc) is 2.89. The Kier molecular flexibility index (Phi) is 8.28. The molecule has 2 aromatic carbocycles. The first-order chi connectivity index (χ1) is 17.5. The summed E-state index contributed by atoms with van der Waals surface area (Å²) < 4.78 is 0. The topological polar surface area (TPSA) is 80.0 Å². The van der Waals surface area contributed by atoms with Gasteiger partial charge >= 0.3 is 0 Å². The maximum absolute atomic E-state index is 4.78. The van der Waals surface area contributed by atoms with Crippen LogP contribution in [0, 0.1) is 0 Å². The highest BCUT2D eigenvalue weighted by molar-refractivity contribution is 5.89. The molecule has 1 aliphatic heterocycles. The number of fused-ring (bicyclic) bond motifs is 1. The smallest absolute Gasteiger partial charge is 0.145 e. The Morgan fingerprint density at radius 1 is 0.972 bits per heavy atom. The van der Waals surface area contributed by atoms with E-state index in [-0.39, 0.29) is 0 Å². The van der Waals surface area contributed by atoms with E-state index < -0.39 is 0 Å². The molecule has 1 saturated heterocycles. The van der Waals surface area contributed by atoms with Gasteiger partial charge in [0, 0.05) is 28.8 Å². The summed E-state index contributed by atoms with van der Waals surface area (Å²) in [4.78, 5) is 16.3. The highest BCUT2D eigenvalue weighted by Crippen LogP contribution is 2.31. The van der Waals surface area contributed by atoms with Crippen LogP contribution >= 0.6 is 0 Å². The number of pyridine rings is 1. The number of rotatable bonds is 5. The number of nitrogens with two attached hydrogens (primary N) is 1. The third-order valence-corrected chi connectivity index (χ3v) is 6.46. The van der Waals surface area contributed by atoms with E-state index in [4.69, 9.17) is 9.97 Å². The van der Waals surface area contributed by atoms with Crippen molar-refractivity contribution in [1.82, 2.24) is 19.9 Å². The zero-order valence-electron chi connectivity index (χ0n) is 21.5. The Balaban J connectivity index is 0.000000967. The monoisotopic (exact) mass is 480 g/mol. The third kappa shape index (κ3) is 6.26. The van der Waals surface area contributed by atoms with Crippen LogP contribution in [0.2, 0.25) is 0 Å². The molecule has 4 aromatic rings. The van der Waals surface area contributed by atoms with E-state index in [0.717, 1.165) is 33.5 Å². The van der Waals surface area contributed by atoms with Crippen molar-refractivity contribution in [3.63, 3.8) is 0 Å². The molecule has 0 unspecified atom stereocenters. The Hall–Kier alpha value is -3.77. The second-order valence-electron chi connectivity index (χ2n) is 9.66. The van der Waals surface area contributed by atoms with Crippen molar-refractivity contribution < 1.29 is 0 Å². The molecule has 0 amide bonds. The van der Waals surface area contributed by atoms with Gasteiger partial charge in [-0.1, -0.05) is 36.9 Å². The summed E-state index contributed by atoms with van der Waals surface area (Å²) in [6.45, 7) is 9.67. The summed E-state index contributed by atoms with van der Waals surface area (Å²) in [6, 6.07) is 17.8. The average molecular weight is 481 g/mol. The number of benzene rings is 2. The molecule has 5 rings (SSSR count). The largest absolute Gasteiger partial charge is 0.405 e. The zero-order valence-corrected chi connectivity index (χ0v) is 21.5. The van der Waals surface area contributed by atoms with E-state index >= 15 is 0 Å². The molecule has 0 spiro atoms. The normalized spacial score (nSPS) is 14.3. The van der Waals surface area contributed by atoms with Gasteiger partial charge in [-0.3, -0.25) is 9.97 Å². The molecule has 1 fully saturated rings. The van der Waals surface area contributed by atoms with Crippen molar-refractivity contribution in [2.75, 3.05) is 25.5 Å². The molecule has 3 N–H and O–H groups in total. The van der Waals surface area contributed by atoms with Crippen LogP contribution < -0.4 is 11.1 Å². The molecule has 36 heavy (non-hydrogen) atoms. The molecular formula is C30H36N6. The molecule has 1 aliphatic rings. The van der Waals surface area contributed by atoms with E-state index in [2.05, 4.69) is 96.9 Å². The number of anilines is 1. The van der Waals surface area contributed by atoms with Gasteiger partial charge in [0.15, 0.2) is 0 Å². The van der Waals surface area contributed by atoms with Crippen LogP contribution in [0.3, 0.4) is 0 Å². The minimum Gasteiger partial charge on any atom is -0.405 e. The van der Waals surface area contributed by atoms with Crippen molar-refractivity contribution >= 4 is 16.6 Å². The van der Waals surface area contributed by atoms with Gasteiger partial charge in [0.05, 0.1) is 23.8 Å². The van der Waals surface area contributed by atoms with Gasteiger partial charge in [0.25, 0.3) is 0 Å². The lowest BCUT2D eigenvalue weighted by atomic mass is 9.88. The molecule has 3 heterocycles. The van der Waals surface area contributed by atoms with Gasteiger partial charge < -0.3 is 16.0 Å². The predicted molar refractivity (Wildman–Crippen MR) is 151 cm³/mol. The van der Waals surface area contributed by atoms with E-state index in [1.165, 1.54) is 43.3 Å². The van der Waals surface area contributed by atoms with Crippen molar-refractivity contribution in [3.05, 3.63) is 85.5 Å². The fraction of sp³-hybridized carbons (Fsp3) is 0.300. The summed E-state index contributed by atoms with van der Waals surface area (Å²) in [6.07, 6.45) is 9.25. The molecule has 0 bridgehead atoms. The fourth-order valence-electron chi connectivity index (χ4n) is 4.62. The molecular weight excluding hydrogens is 444 g/mol. The van der Waals surface area contributed by atoms with Gasteiger partial charge in [-0.05, 0) is 88.1 Å².